The second-order valence-corrected chi connectivity index (χ2v) is 3.36. The Kier molecular flexibility index (Phi) is 4.03. The summed E-state index contributed by atoms with van der Waals surface area (Å²) in [7, 11) is 0. The Morgan fingerprint density at radius 2 is 2.13 bits per heavy atom. The van der Waals surface area contributed by atoms with Crippen molar-refractivity contribution in [2.75, 3.05) is 18.4 Å². The number of carbonyl (C=O) groups excluding carboxylic acids is 1. The Morgan fingerprint density at radius 3 is 2.80 bits per heavy atom. The molecule has 0 spiro atoms. The maximum absolute atomic E-state index is 10.6. The van der Waals surface area contributed by atoms with Crippen molar-refractivity contribution < 1.29 is 4.79 Å². The van der Waals surface area contributed by atoms with Crippen molar-refractivity contribution in [3.63, 3.8) is 0 Å². The van der Waals surface area contributed by atoms with Gasteiger partial charge >= 0.3 is 0 Å². The summed E-state index contributed by atoms with van der Waals surface area (Å²) in [6.07, 6.45) is 1.73. The molecule has 0 aliphatic carbocycles. The Morgan fingerprint density at radius 1 is 1.40 bits per heavy atom. The normalized spacial score (nSPS) is 9.80. The maximum Gasteiger partial charge on any atom is 0.216 e. The molecule has 2 N–H and O–H groups in total. The summed E-state index contributed by atoms with van der Waals surface area (Å²) in [4.78, 5) is 19.1. The lowest BCUT2D eigenvalue weighted by Crippen LogP contribution is -2.26. The molecule has 0 aliphatic rings. The number of aromatic nitrogens is 2. The lowest BCUT2D eigenvalue weighted by atomic mass is 10.4. The fourth-order valence-corrected chi connectivity index (χ4v) is 1.12. The smallest absolute Gasteiger partial charge is 0.216 e. The molecule has 0 radical (unpaired) electrons. The lowest BCUT2D eigenvalue weighted by molar-refractivity contribution is -0.118. The van der Waals surface area contributed by atoms with Gasteiger partial charge < -0.3 is 10.6 Å². The predicted molar refractivity (Wildman–Crippen MR) is 58.7 cm³/mol. The SMILES string of the molecule is CC(=O)NCCNc1nc(C)cnc1C. The van der Waals surface area contributed by atoms with E-state index in [1.165, 1.54) is 6.92 Å². The van der Waals surface area contributed by atoms with Crippen LogP contribution in [0.15, 0.2) is 6.20 Å². The van der Waals surface area contributed by atoms with Crippen LogP contribution in [0.5, 0.6) is 0 Å². The molecule has 0 atom stereocenters. The van der Waals surface area contributed by atoms with Gasteiger partial charge in [-0.05, 0) is 13.8 Å². The number of hydrogen-bond donors (Lipinski definition) is 2. The molecule has 0 unspecified atom stereocenters. The van der Waals surface area contributed by atoms with Gasteiger partial charge in [0.05, 0.1) is 11.4 Å². The first-order valence-corrected chi connectivity index (χ1v) is 4.88. The van der Waals surface area contributed by atoms with Crippen molar-refractivity contribution in [2.45, 2.75) is 20.8 Å². The van der Waals surface area contributed by atoms with Crippen molar-refractivity contribution in [3.8, 4) is 0 Å². The second-order valence-electron chi connectivity index (χ2n) is 3.36. The molecule has 5 nitrogen and oxygen atoms in total. The van der Waals surface area contributed by atoms with E-state index in [1.54, 1.807) is 6.20 Å². The number of carbonyl (C=O) groups is 1. The number of nitrogens with zero attached hydrogens (tertiary/aromatic N) is 2. The van der Waals surface area contributed by atoms with Crippen LogP contribution in [0.2, 0.25) is 0 Å². The Hall–Kier alpha value is -1.65. The van der Waals surface area contributed by atoms with Crippen LogP contribution < -0.4 is 10.6 Å². The average molecular weight is 208 g/mol. The molecule has 1 rings (SSSR count). The summed E-state index contributed by atoms with van der Waals surface area (Å²) < 4.78 is 0. The maximum atomic E-state index is 10.6. The number of rotatable bonds is 4. The molecule has 5 heteroatoms. The van der Waals surface area contributed by atoms with Crippen molar-refractivity contribution in [1.29, 1.82) is 0 Å². The fraction of sp³-hybridized carbons (Fsp3) is 0.500. The minimum Gasteiger partial charge on any atom is -0.367 e. The molecule has 82 valence electrons. The first kappa shape index (κ1) is 11.4. The quantitative estimate of drug-likeness (QED) is 0.713. The zero-order valence-electron chi connectivity index (χ0n) is 9.29. The van der Waals surface area contributed by atoms with Crippen LogP contribution >= 0.6 is 0 Å². The third-order valence-corrected chi connectivity index (χ3v) is 1.87. The van der Waals surface area contributed by atoms with Gasteiger partial charge in [0.15, 0.2) is 0 Å². The van der Waals surface area contributed by atoms with Gasteiger partial charge in [0.2, 0.25) is 5.91 Å². The van der Waals surface area contributed by atoms with E-state index in [1.807, 2.05) is 13.8 Å². The summed E-state index contributed by atoms with van der Waals surface area (Å²) in [6, 6.07) is 0. The van der Waals surface area contributed by atoms with Crippen LogP contribution in [0.1, 0.15) is 18.3 Å². The molecule has 1 aromatic heterocycles. The molecule has 0 fully saturated rings. The molecular formula is C10H16N4O. The summed E-state index contributed by atoms with van der Waals surface area (Å²) in [5, 5.41) is 5.82. The van der Waals surface area contributed by atoms with Crippen LogP contribution in [0, 0.1) is 13.8 Å². The summed E-state index contributed by atoms with van der Waals surface area (Å²) in [6.45, 7) is 6.53. The van der Waals surface area contributed by atoms with Crippen molar-refractivity contribution in [1.82, 2.24) is 15.3 Å². The molecule has 1 heterocycles. The van der Waals surface area contributed by atoms with Gasteiger partial charge in [-0.1, -0.05) is 0 Å². The highest BCUT2D eigenvalue weighted by molar-refractivity contribution is 5.72. The molecule has 1 amide bonds. The van der Waals surface area contributed by atoms with Crippen LogP contribution in [-0.2, 0) is 4.79 Å². The van der Waals surface area contributed by atoms with Crippen LogP contribution in [-0.4, -0.2) is 29.0 Å². The number of nitrogens with one attached hydrogen (secondary N) is 2. The summed E-state index contributed by atoms with van der Waals surface area (Å²) >= 11 is 0. The van der Waals surface area contributed by atoms with Crippen LogP contribution in [0.25, 0.3) is 0 Å². The topological polar surface area (TPSA) is 66.9 Å². The van der Waals surface area contributed by atoms with E-state index in [-0.39, 0.29) is 5.91 Å². The largest absolute Gasteiger partial charge is 0.367 e. The van der Waals surface area contributed by atoms with E-state index >= 15 is 0 Å². The van der Waals surface area contributed by atoms with E-state index in [4.69, 9.17) is 0 Å². The second kappa shape index (κ2) is 5.29. The van der Waals surface area contributed by atoms with Gasteiger partial charge in [-0.15, -0.1) is 0 Å². The summed E-state index contributed by atoms with van der Waals surface area (Å²) in [5.41, 5.74) is 1.74. The molecule has 0 saturated carbocycles. The van der Waals surface area contributed by atoms with E-state index in [2.05, 4.69) is 20.6 Å². The monoisotopic (exact) mass is 208 g/mol. The van der Waals surface area contributed by atoms with Gasteiger partial charge in [-0.2, -0.15) is 0 Å². The Balaban J connectivity index is 2.43. The lowest BCUT2D eigenvalue weighted by Gasteiger charge is -2.08. The minimum absolute atomic E-state index is 0.0242. The highest BCUT2D eigenvalue weighted by Crippen LogP contribution is 2.07. The first-order chi connectivity index (χ1) is 7.09. The van der Waals surface area contributed by atoms with E-state index in [9.17, 15) is 4.79 Å². The Labute approximate surface area is 89.3 Å². The van der Waals surface area contributed by atoms with Crippen LogP contribution in [0.3, 0.4) is 0 Å². The third kappa shape index (κ3) is 3.93. The average Bonchev–Trinajstić information content (AvgIpc) is 2.17. The van der Waals surface area contributed by atoms with Gasteiger partial charge in [-0.25, -0.2) is 4.98 Å². The Bertz CT molecular complexity index is 351. The third-order valence-electron chi connectivity index (χ3n) is 1.87. The molecule has 0 bridgehead atoms. The molecule has 0 aromatic carbocycles. The minimum atomic E-state index is -0.0242. The van der Waals surface area contributed by atoms with Gasteiger partial charge in [0, 0.05) is 26.2 Å². The zero-order valence-corrected chi connectivity index (χ0v) is 9.29. The fourth-order valence-electron chi connectivity index (χ4n) is 1.12. The first-order valence-electron chi connectivity index (χ1n) is 4.88. The zero-order chi connectivity index (χ0) is 11.3. The number of aryl methyl sites for hydroxylation is 2. The van der Waals surface area contributed by atoms with Gasteiger partial charge in [0.1, 0.15) is 5.82 Å². The predicted octanol–water partition coefficient (Wildman–Crippen LogP) is 0.641. The van der Waals surface area contributed by atoms with Gasteiger partial charge in [-0.3, -0.25) is 9.78 Å². The molecular weight excluding hydrogens is 192 g/mol. The number of amides is 1. The van der Waals surface area contributed by atoms with Crippen molar-refractivity contribution in [3.05, 3.63) is 17.6 Å². The highest BCUT2D eigenvalue weighted by atomic mass is 16.1. The van der Waals surface area contributed by atoms with Crippen molar-refractivity contribution in [2.24, 2.45) is 0 Å². The van der Waals surface area contributed by atoms with E-state index in [0.29, 0.717) is 13.1 Å². The molecule has 15 heavy (non-hydrogen) atoms. The van der Waals surface area contributed by atoms with E-state index in [0.717, 1.165) is 17.2 Å². The van der Waals surface area contributed by atoms with Crippen LogP contribution in [0.4, 0.5) is 5.82 Å². The molecule has 0 aliphatic heterocycles. The molecule has 0 saturated heterocycles. The van der Waals surface area contributed by atoms with E-state index < -0.39 is 0 Å². The van der Waals surface area contributed by atoms with Gasteiger partial charge in [0.25, 0.3) is 0 Å². The number of hydrogen-bond acceptors (Lipinski definition) is 4. The number of anilines is 1. The van der Waals surface area contributed by atoms with Crippen molar-refractivity contribution >= 4 is 11.7 Å². The summed E-state index contributed by atoms with van der Waals surface area (Å²) in [5.74, 6) is 0.754. The molecule has 1 aromatic rings. The standard InChI is InChI=1S/C10H16N4O/c1-7-6-13-8(2)10(14-7)12-5-4-11-9(3)15/h6H,4-5H2,1-3H3,(H,11,15)(H,12,14). The highest BCUT2D eigenvalue weighted by Gasteiger charge is 2.00.